The highest BCUT2D eigenvalue weighted by molar-refractivity contribution is 7.86. The van der Waals surface area contributed by atoms with Crippen molar-refractivity contribution in [3.05, 3.63) is 0 Å². The molecule has 2 rings (SSSR count). The number of esters is 1. The molecule has 26 heavy (non-hydrogen) atoms. The largest absolute Gasteiger partial charge is 0.444 e. The molecule has 0 amide bonds. The van der Waals surface area contributed by atoms with E-state index in [-0.39, 0.29) is 24.7 Å². The second-order valence-electron chi connectivity index (χ2n) is 7.28. The zero-order valence-electron chi connectivity index (χ0n) is 14.0. The first kappa shape index (κ1) is 21.3. The van der Waals surface area contributed by atoms with Crippen LogP contribution in [0.1, 0.15) is 45.4 Å². The molecule has 2 aliphatic carbocycles. The predicted octanol–water partition coefficient (Wildman–Crippen LogP) is 3.79. The molecule has 2 bridgehead atoms. The number of halogens is 5. The molecule has 2 fully saturated rings. The zero-order valence-corrected chi connectivity index (χ0v) is 14.8. The maximum atomic E-state index is 13.5. The molecule has 0 aromatic carbocycles. The van der Waals surface area contributed by atoms with E-state index in [1.807, 2.05) is 6.92 Å². The van der Waals surface area contributed by atoms with Gasteiger partial charge in [-0.1, -0.05) is 13.3 Å². The summed E-state index contributed by atoms with van der Waals surface area (Å²) in [5.41, 5.74) is 0. The van der Waals surface area contributed by atoms with Gasteiger partial charge in [0.05, 0.1) is 5.92 Å². The molecule has 2 saturated carbocycles. The molecule has 2 aliphatic rings. The summed E-state index contributed by atoms with van der Waals surface area (Å²) in [7, 11) is -6.42. The number of alkyl halides is 5. The molecular formula is C15H21F5O5S. The van der Waals surface area contributed by atoms with Crippen LogP contribution in [0, 0.1) is 23.7 Å². The Kier molecular flexibility index (Phi) is 5.92. The summed E-state index contributed by atoms with van der Waals surface area (Å²) < 4.78 is 99.2. The Morgan fingerprint density at radius 2 is 1.58 bits per heavy atom. The summed E-state index contributed by atoms with van der Waals surface area (Å²) >= 11 is 0. The van der Waals surface area contributed by atoms with E-state index in [1.54, 1.807) is 0 Å². The minimum atomic E-state index is -6.42. The van der Waals surface area contributed by atoms with Gasteiger partial charge in [0, 0.05) is 0 Å². The van der Waals surface area contributed by atoms with Crippen molar-refractivity contribution in [3.63, 3.8) is 0 Å². The summed E-state index contributed by atoms with van der Waals surface area (Å²) in [6, 6.07) is 0. The van der Waals surface area contributed by atoms with Gasteiger partial charge in [0.2, 0.25) is 0 Å². The summed E-state index contributed by atoms with van der Waals surface area (Å²) in [5, 5.41) is -5.68. The monoisotopic (exact) mass is 408 g/mol. The normalized spacial score (nSPS) is 31.3. The fraction of sp³-hybridized carbons (Fsp3) is 0.933. The van der Waals surface area contributed by atoms with Gasteiger partial charge in [0.1, 0.15) is 0 Å². The van der Waals surface area contributed by atoms with Crippen LogP contribution in [0.2, 0.25) is 0 Å². The first-order chi connectivity index (χ1) is 11.8. The third kappa shape index (κ3) is 4.47. The van der Waals surface area contributed by atoms with Crippen LogP contribution in [0.5, 0.6) is 0 Å². The summed E-state index contributed by atoms with van der Waals surface area (Å²) in [6.45, 7) is 2.03. The summed E-state index contributed by atoms with van der Waals surface area (Å²) in [4.78, 5) is 12.1. The summed E-state index contributed by atoms with van der Waals surface area (Å²) in [5.74, 6) is -1.80. The second-order valence-corrected chi connectivity index (χ2v) is 8.77. The van der Waals surface area contributed by atoms with Crippen molar-refractivity contribution < 1.29 is 44.5 Å². The Labute approximate surface area is 148 Å². The lowest BCUT2D eigenvalue weighted by atomic mass is 9.64. The van der Waals surface area contributed by atoms with E-state index in [0.29, 0.717) is 5.92 Å². The minimum Gasteiger partial charge on any atom is -0.444 e. The van der Waals surface area contributed by atoms with E-state index in [9.17, 15) is 35.2 Å². The van der Waals surface area contributed by atoms with E-state index < -0.39 is 39.5 Å². The van der Waals surface area contributed by atoms with E-state index >= 15 is 0 Å². The van der Waals surface area contributed by atoms with Crippen molar-refractivity contribution in [2.24, 2.45) is 23.7 Å². The number of carbonyl (C=O) groups excluding carboxylic acids is 1. The molecule has 11 heteroatoms. The van der Waals surface area contributed by atoms with Crippen molar-refractivity contribution in [2.75, 3.05) is 0 Å². The van der Waals surface area contributed by atoms with Gasteiger partial charge in [-0.05, 0) is 49.9 Å². The molecule has 0 spiro atoms. The van der Waals surface area contributed by atoms with Crippen molar-refractivity contribution in [2.45, 2.75) is 63.0 Å². The maximum absolute atomic E-state index is 13.5. The van der Waals surface area contributed by atoms with E-state index in [1.165, 1.54) is 0 Å². The fourth-order valence-corrected chi connectivity index (χ4v) is 4.64. The van der Waals surface area contributed by atoms with Crippen molar-refractivity contribution in [3.8, 4) is 0 Å². The number of rotatable bonds is 5. The first-order valence-corrected chi connectivity index (χ1v) is 9.81. The van der Waals surface area contributed by atoms with Crippen LogP contribution < -0.4 is 0 Å². The Balaban J connectivity index is 2.14. The predicted molar refractivity (Wildman–Crippen MR) is 79.8 cm³/mol. The lowest BCUT2D eigenvalue weighted by molar-refractivity contribution is -0.261. The highest BCUT2D eigenvalue weighted by Crippen LogP contribution is 2.47. The molecule has 0 aromatic rings. The standard InChI is InChI=1S/C15H21F5O5S/c1-2-8-3-9-5-10(4-8)7-11(6-9)12(21)25-13(14(16,17)18)15(19,20)26(22,23)24/h8-11,13H,2-7H2,1H3,(H,22,23,24). The molecule has 0 heterocycles. The average molecular weight is 408 g/mol. The number of fused-ring (bicyclic) bond motifs is 2. The highest BCUT2D eigenvalue weighted by Gasteiger charge is 2.66. The van der Waals surface area contributed by atoms with Gasteiger partial charge in [-0.15, -0.1) is 0 Å². The maximum Gasteiger partial charge on any atom is 0.432 e. The highest BCUT2D eigenvalue weighted by atomic mass is 32.2. The average Bonchev–Trinajstić information content (AvgIpc) is 2.48. The van der Waals surface area contributed by atoms with Gasteiger partial charge >= 0.3 is 27.5 Å². The van der Waals surface area contributed by atoms with Crippen LogP contribution in [0.4, 0.5) is 22.0 Å². The fourth-order valence-electron chi connectivity index (χ4n) is 4.19. The van der Waals surface area contributed by atoms with Crippen LogP contribution in [-0.4, -0.2) is 36.5 Å². The van der Waals surface area contributed by atoms with Gasteiger partial charge in [0.15, 0.2) is 0 Å². The molecule has 0 aliphatic heterocycles. The van der Waals surface area contributed by atoms with Gasteiger partial charge in [0.25, 0.3) is 6.10 Å². The molecular weight excluding hydrogens is 387 g/mol. The minimum absolute atomic E-state index is 0.108. The Morgan fingerprint density at radius 3 is 1.96 bits per heavy atom. The zero-order chi connectivity index (χ0) is 19.9. The van der Waals surface area contributed by atoms with Crippen molar-refractivity contribution in [1.29, 1.82) is 0 Å². The smallest absolute Gasteiger partial charge is 0.432 e. The van der Waals surface area contributed by atoms with E-state index in [4.69, 9.17) is 4.55 Å². The van der Waals surface area contributed by atoms with Crippen LogP contribution in [-0.2, 0) is 19.6 Å². The van der Waals surface area contributed by atoms with Crippen molar-refractivity contribution >= 4 is 16.1 Å². The number of ether oxygens (including phenoxy) is 1. The molecule has 3 atom stereocenters. The molecule has 152 valence electrons. The molecule has 0 aromatic heterocycles. The van der Waals surface area contributed by atoms with Gasteiger partial charge in [-0.25, -0.2) is 0 Å². The Morgan fingerprint density at radius 1 is 1.08 bits per heavy atom. The van der Waals surface area contributed by atoms with Gasteiger partial charge in [-0.2, -0.15) is 30.4 Å². The van der Waals surface area contributed by atoms with E-state index in [2.05, 4.69) is 4.74 Å². The molecule has 0 saturated heterocycles. The third-order valence-corrected chi connectivity index (χ3v) is 6.23. The Hall–Kier alpha value is -0.970. The molecule has 1 N–H and O–H groups in total. The number of carbonyl (C=O) groups is 1. The quantitative estimate of drug-likeness (QED) is 0.425. The van der Waals surface area contributed by atoms with Gasteiger partial charge in [-0.3, -0.25) is 9.35 Å². The molecule has 3 unspecified atom stereocenters. The van der Waals surface area contributed by atoms with Crippen LogP contribution in [0.25, 0.3) is 0 Å². The number of hydrogen-bond acceptors (Lipinski definition) is 4. The lowest BCUT2D eigenvalue weighted by Crippen LogP contribution is -2.53. The van der Waals surface area contributed by atoms with E-state index in [0.717, 1.165) is 25.7 Å². The molecule has 5 nitrogen and oxygen atoms in total. The van der Waals surface area contributed by atoms with Crippen molar-refractivity contribution in [1.82, 2.24) is 0 Å². The van der Waals surface area contributed by atoms with Crippen LogP contribution in [0.3, 0.4) is 0 Å². The third-order valence-electron chi connectivity index (χ3n) is 5.33. The molecule has 0 radical (unpaired) electrons. The topological polar surface area (TPSA) is 80.7 Å². The number of hydrogen-bond donors (Lipinski definition) is 1. The second kappa shape index (κ2) is 7.21. The summed E-state index contributed by atoms with van der Waals surface area (Å²) in [6.07, 6.45) is -6.21. The Bertz CT molecular complexity index is 619. The van der Waals surface area contributed by atoms with Gasteiger partial charge < -0.3 is 4.74 Å². The first-order valence-electron chi connectivity index (χ1n) is 8.37. The van der Waals surface area contributed by atoms with Crippen LogP contribution in [0.15, 0.2) is 0 Å². The lowest BCUT2D eigenvalue weighted by Gasteiger charge is -2.42. The SMILES string of the molecule is CCC1CC2CC(C1)CC(C(=O)OC(C(F)(F)F)C(F)(F)S(=O)(=O)O)C2. The van der Waals surface area contributed by atoms with Crippen LogP contribution >= 0.6 is 0 Å².